The molecule has 0 bridgehead atoms. The molecule has 0 atom stereocenters. The number of furan rings is 1. The standard InChI is InChI=1S/C10H11N3O2/c1-6-5-15-7(2)8(6)9(14)13-10-11-3-4-12-10/h3-5H,1-2H3,(H2,11,12,13,14). The van der Waals surface area contributed by atoms with Gasteiger partial charge >= 0.3 is 0 Å². The molecule has 15 heavy (non-hydrogen) atoms. The van der Waals surface area contributed by atoms with E-state index in [2.05, 4.69) is 15.3 Å². The van der Waals surface area contributed by atoms with Gasteiger partial charge in [0.1, 0.15) is 5.76 Å². The maximum Gasteiger partial charge on any atom is 0.261 e. The fraction of sp³-hybridized carbons (Fsp3) is 0.200. The third-order valence-corrected chi connectivity index (χ3v) is 2.12. The molecule has 0 aliphatic heterocycles. The van der Waals surface area contributed by atoms with Crippen LogP contribution in [0.3, 0.4) is 0 Å². The number of carbonyl (C=O) groups excluding carboxylic acids is 1. The molecule has 0 unspecified atom stereocenters. The maximum atomic E-state index is 11.8. The first kappa shape index (κ1) is 9.51. The van der Waals surface area contributed by atoms with Gasteiger partial charge in [-0.2, -0.15) is 0 Å². The molecule has 0 saturated carbocycles. The van der Waals surface area contributed by atoms with Crippen molar-refractivity contribution in [2.45, 2.75) is 13.8 Å². The second kappa shape index (κ2) is 3.61. The second-order valence-electron chi connectivity index (χ2n) is 3.24. The number of H-pyrrole nitrogens is 1. The van der Waals surface area contributed by atoms with Crippen LogP contribution in [0.15, 0.2) is 23.1 Å². The van der Waals surface area contributed by atoms with Gasteiger partial charge < -0.3 is 9.40 Å². The highest BCUT2D eigenvalue weighted by atomic mass is 16.3. The zero-order valence-electron chi connectivity index (χ0n) is 8.50. The Morgan fingerprint density at radius 1 is 1.53 bits per heavy atom. The smallest absolute Gasteiger partial charge is 0.261 e. The lowest BCUT2D eigenvalue weighted by Gasteiger charge is -2.01. The first-order valence-corrected chi connectivity index (χ1v) is 4.54. The minimum Gasteiger partial charge on any atom is -0.469 e. The molecule has 2 heterocycles. The summed E-state index contributed by atoms with van der Waals surface area (Å²) in [6.07, 6.45) is 4.78. The van der Waals surface area contributed by atoms with Crippen LogP contribution >= 0.6 is 0 Å². The van der Waals surface area contributed by atoms with Crippen molar-refractivity contribution in [3.63, 3.8) is 0 Å². The number of aromatic amines is 1. The highest BCUT2D eigenvalue weighted by Crippen LogP contribution is 2.16. The number of aromatic nitrogens is 2. The van der Waals surface area contributed by atoms with E-state index in [0.29, 0.717) is 17.3 Å². The number of amides is 1. The van der Waals surface area contributed by atoms with Crippen molar-refractivity contribution in [1.82, 2.24) is 9.97 Å². The van der Waals surface area contributed by atoms with Gasteiger partial charge in [0.2, 0.25) is 5.95 Å². The minimum atomic E-state index is -0.214. The van der Waals surface area contributed by atoms with Crippen LogP contribution < -0.4 is 5.32 Å². The van der Waals surface area contributed by atoms with Gasteiger partial charge in [-0.25, -0.2) is 4.98 Å². The number of rotatable bonds is 2. The van der Waals surface area contributed by atoms with Crippen LogP contribution in [-0.4, -0.2) is 15.9 Å². The third-order valence-electron chi connectivity index (χ3n) is 2.12. The Balaban J connectivity index is 2.22. The predicted octanol–water partition coefficient (Wildman–Crippen LogP) is 1.87. The molecule has 0 saturated heterocycles. The van der Waals surface area contributed by atoms with Crippen molar-refractivity contribution in [1.29, 1.82) is 0 Å². The molecule has 0 aliphatic carbocycles. The molecule has 2 aromatic rings. The van der Waals surface area contributed by atoms with Crippen molar-refractivity contribution in [3.05, 3.63) is 35.5 Å². The van der Waals surface area contributed by atoms with Crippen molar-refractivity contribution >= 4 is 11.9 Å². The van der Waals surface area contributed by atoms with Gasteiger partial charge in [0.25, 0.3) is 5.91 Å². The van der Waals surface area contributed by atoms with Gasteiger partial charge in [0.15, 0.2) is 0 Å². The summed E-state index contributed by atoms with van der Waals surface area (Å²) in [5.74, 6) is 0.824. The van der Waals surface area contributed by atoms with Crippen molar-refractivity contribution < 1.29 is 9.21 Å². The highest BCUT2D eigenvalue weighted by molar-refractivity contribution is 6.05. The lowest BCUT2D eigenvalue weighted by Crippen LogP contribution is -2.14. The van der Waals surface area contributed by atoms with Crippen molar-refractivity contribution in [2.75, 3.05) is 5.32 Å². The maximum absolute atomic E-state index is 11.8. The zero-order valence-corrected chi connectivity index (χ0v) is 8.50. The summed E-state index contributed by atoms with van der Waals surface area (Å²) in [5, 5.41) is 2.64. The van der Waals surface area contributed by atoms with E-state index in [0.717, 1.165) is 5.56 Å². The molecule has 0 fully saturated rings. The largest absolute Gasteiger partial charge is 0.469 e. The van der Waals surface area contributed by atoms with Gasteiger partial charge in [-0.05, 0) is 13.8 Å². The van der Waals surface area contributed by atoms with E-state index in [9.17, 15) is 4.79 Å². The van der Waals surface area contributed by atoms with Crippen LogP contribution in [-0.2, 0) is 0 Å². The summed E-state index contributed by atoms with van der Waals surface area (Å²) in [4.78, 5) is 18.5. The molecule has 5 heteroatoms. The van der Waals surface area contributed by atoms with Crippen molar-refractivity contribution in [3.8, 4) is 0 Å². The summed E-state index contributed by atoms with van der Waals surface area (Å²) in [7, 11) is 0. The summed E-state index contributed by atoms with van der Waals surface area (Å²) < 4.78 is 5.14. The Morgan fingerprint density at radius 2 is 2.33 bits per heavy atom. The minimum absolute atomic E-state index is 0.214. The molecule has 2 aromatic heterocycles. The van der Waals surface area contributed by atoms with Gasteiger partial charge in [-0.15, -0.1) is 0 Å². The Hall–Kier alpha value is -2.04. The van der Waals surface area contributed by atoms with E-state index in [-0.39, 0.29) is 5.91 Å². The molecule has 0 spiro atoms. The number of aryl methyl sites for hydroxylation is 2. The Kier molecular flexibility index (Phi) is 2.29. The number of carbonyl (C=O) groups is 1. The van der Waals surface area contributed by atoms with E-state index in [1.807, 2.05) is 6.92 Å². The molecule has 0 aromatic carbocycles. The number of hydrogen-bond acceptors (Lipinski definition) is 3. The number of anilines is 1. The summed E-state index contributed by atoms with van der Waals surface area (Å²) >= 11 is 0. The molecular formula is C10H11N3O2. The van der Waals surface area contributed by atoms with Crippen LogP contribution in [0.1, 0.15) is 21.7 Å². The first-order valence-electron chi connectivity index (χ1n) is 4.54. The molecular weight excluding hydrogens is 194 g/mol. The van der Waals surface area contributed by atoms with E-state index in [4.69, 9.17) is 4.42 Å². The summed E-state index contributed by atoms with van der Waals surface area (Å²) in [6.45, 7) is 3.58. The van der Waals surface area contributed by atoms with E-state index in [1.165, 1.54) is 0 Å². The van der Waals surface area contributed by atoms with Crippen LogP contribution in [0.4, 0.5) is 5.95 Å². The van der Waals surface area contributed by atoms with Gasteiger partial charge in [0, 0.05) is 18.0 Å². The Bertz CT molecular complexity index is 451. The topological polar surface area (TPSA) is 70.9 Å². The lowest BCUT2D eigenvalue weighted by atomic mass is 10.1. The number of nitrogens with one attached hydrogen (secondary N) is 2. The lowest BCUT2D eigenvalue weighted by molar-refractivity contribution is 0.102. The average molecular weight is 205 g/mol. The monoisotopic (exact) mass is 205 g/mol. The van der Waals surface area contributed by atoms with E-state index in [1.54, 1.807) is 25.6 Å². The number of nitrogens with zero attached hydrogens (tertiary/aromatic N) is 1. The highest BCUT2D eigenvalue weighted by Gasteiger charge is 2.16. The summed E-state index contributed by atoms with van der Waals surface area (Å²) in [5.41, 5.74) is 1.38. The quantitative estimate of drug-likeness (QED) is 0.786. The summed E-state index contributed by atoms with van der Waals surface area (Å²) in [6, 6.07) is 0. The first-order chi connectivity index (χ1) is 7.18. The molecule has 0 radical (unpaired) electrons. The van der Waals surface area contributed by atoms with Crippen LogP contribution in [0.5, 0.6) is 0 Å². The fourth-order valence-corrected chi connectivity index (χ4v) is 1.41. The van der Waals surface area contributed by atoms with Crippen molar-refractivity contribution in [2.24, 2.45) is 0 Å². The molecule has 2 rings (SSSR count). The fourth-order valence-electron chi connectivity index (χ4n) is 1.41. The van der Waals surface area contributed by atoms with Gasteiger partial charge in [0.05, 0.1) is 11.8 Å². The SMILES string of the molecule is Cc1coc(C)c1C(=O)Nc1ncc[nH]1. The van der Waals surface area contributed by atoms with Crippen LogP contribution in [0, 0.1) is 13.8 Å². The number of hydrogen-bond donors (Lipinski definition) is 2. The Morgan fingerprint density at radius 3 is 2.87 bits per heavy atom. The van der Waals surface area contributed by atoms with E-state index < -0.39 is 0 Å². The molecule has 78 valence electrons. The van der Waals surface area contributed by atoms with Crippen LogP contribution in [0.25, 0.3) is 0 Å². The molecule has 5 nitrogen and oxygen atoms in total. The molecule has 1 amide bonds. The predicted molar refractivity (Wildman–Crippen MR) is 54.7 cm³/mol. The van der Waals surface area contributed by atoms with E-state index >= 15 is 0 Å². The zero-order chi connectivity index (χ0) is 10.8. The second-order valence-corrected chi connectivity index (χ2v) is 3.24. The normalized spacial score (nSPS) is 10.3. The van der Waals surface area contributed by atoms with Crippen LogP contribution in [0.2, 0.25) is 0 Å². The number of imidazole rings is 1. The van der Waals surface area contributed by atoms with Gasteiger partial charge in [-0.1, -0.05) is 0 Å². The average Bonchev–Trinajstić information content (AvgIpc) is 2.77. The Labute approximate surface area is 86.5 Å². The van der Waals surface area contributed by atoms with Gasteiger partial charge in [-0.3, -0.25) is 10.1 Å². The molecule has 2 N–H and O–H groups in total. The molecule has 0 aliphatic rings. The third kappa shape index (κ3) is 1.76.